The van der Waals surface area contributed by atoms with Gasteiger partial charge in [-0.3, -0.25) is 0 Å². The highest BCUT2D eigenvalue weighted by atomic mass is 16.3. The molecule has 1 rings (SSSR count). The van der Waals surface area contributed by atoms with Crippen LogP contribution in [0.2, 0.25) is 0 Å². The Balaban J connectivity index is 3.56. The summed E-state index contributed by atoms with van der Waals surface area (Å²) in [5, 5.41) is 4.15. The summed E-state index contributed by atoms with van der Waals surface area (Å²) in [4.78, 5) is 0. The molecule has 0 radical (unpaired) electrons. The Hall–Kier alpha value is -0.980. The lowest BCUT2D eigenvalue weighted by Gasteiger charge is -1.97. The van der Waals surface area contributed by atoms with Crippen LogP contribution in [-0.2, 0) is 0 Å². The summed E-state index contributed by atoms with van der Waals surface area (Å²) in [6, 6.07) is -0.146. The van der Waals surface area contributed by atoms with Crippen LogP contribution in [0.25, 0.3) is 0 Å². The molecule has 1 aromatic rings. The van der Waals surface area contributed by atoms with Gasteiger partial charge in [-0.05, 0) is 37.1 Å². The molecule has 1 aromatic carbocycles. The van der Waals surface area contributed by atoms with Crippen molar-refractivity contribution in [3.05, 3.63) is 29.3 Å². The Morgan fingerprint density at radius 2 is 2.22 bits per heavy atom. The van der Waals surface area contributed by atoms with Crippen molar-refractivity contribution >= 4 is 0 Å². The Labute approximate surface area is 60.7 Å². The third-order valence-electron chi connectivity index (χ3n) is 1.23. The van der Waals surface area contributed by atoms with Crippen molar-refractivity contribution in [3.63, 3.8) is 0 Å². The van der Waals surface area contributed by atoms with Crippen LogP contribution in [-0.4, -0.2) is 6.54 Å². The number of rotatable bonds is 1. The molecule has 0 atom stereocenters. The van der Waals surface area contributed by atoms with Gasteiger partial charge >= 0.3 is 0 Å². The number of phenolic OH excluding ortho intramolecular Hbond substituents is 1. The largest absolute Gasteiger partial charge is 0.508 e. The van der Waals surface area contributed by atoms with Crippen molar-refractivity contribution in [3.8, 4) is 5.75 Å². The first-order valence-electron chi connectivity index (χ1n) is 4.61. The maximum absolute atomic E-state index is 7.53. The summed E-state index contributed by atoms with van der Waals surface area (Å²) < 4.78 is 29.1. The quantitative estimate of drug-likeness (QED) is 0.610. The summed E-state index contributed by atoms with van der Waals surface area (Å²) in [5.74, 6) is -0.145. The van der Waals surface area contributed by atoms with Crippen LogP contribution in [0, 0.1) is 13.8 Å². The fraction of sp³-hybridized carbons (Fsp3) is 0.250. The molecule has 1 heteroatoms. The van der Waals surface area contributed by atoms with E-state index in [1.807, 2.05) is 0 Å². The van der Waals surface area contributed by atoms with Gasteiger partial charge in [0.2, 0.25) is 0 Å². The van der Waals surface area contributed by atoms with E-state index in [0.29, 0.717) is 11.1 Å². The van der Waals surface area contributed by atoms with Crippen LogP contribution in [0.15, 0.2) is 18.1 Å². The van der Waals surface area contributed by atoms with Gasteiger partial charge in [0, 0.05) is 0 Å². The lowest BCUT2D eigenvalue weighted by molar-refractivity contribution is 0.474. The van der Waals surface area contributed by atoms with E-state index in [4.69, 9.17) is 5.54 Å². The second-order valence-electron chi connectivity index (χ2n) is 1.95. The maximum atomic E-state index is 7.53. The van der Waals surface area contributed by atoms with Gasteiger partial charge in [-0.25, -0.2) is 0 Å². The van der Waals surface area contributed by atoms with Crippen molar-refractivity contribution in [2.75, 3.05) is 0 Å². The van der Waals surface area contributed by atoms with E-state index < -0.39 is 0 Å². The van der Waals surface area contributed by atoms with E-state index in [0.717, 1.165) is 0 Å². The zero-order valence-corrected chi connectivity index (χ0v) is 5.41. The number of phenols is 1. The number of aromatic hydroxyl groups is 1. The minimum absolute atomic E-state index is 0.0218. The average Bonchev–Trinajstić information content (AvgIpc) is 2.13. The van der Waals surface area contributed by atoms with Crippen molar-refractivity contribution in [2.45, 2.75) is 13.8 Å². The zero-order valence-electron chi connectivity index (χ0n) is 9.41. The summed E-state index contributed by atoms with van der Waals surface area (Å²) in [6.45, 7) is 3.36. The molecule has 0 unspecified atom stereocenters. The number of hydrogen-bond acceptors (Lipinski definition) is 1. The van der Waals surface area contributed by atoms with Crippen molar-refractivity contribution < 1.29 is 9.22 Å². The minimum Gasteiger partial charge on any atom is -0.508 e. The van der Waals surface area contributed by atoms with E-state index in [1.54, 1.807) is 13.8 Å². The van der Waals surface area contributed by atoms with Gasteiger partial charge in [0.25, 0.3) is 1.43 Å². The first-order chi connectivity index (χ1) is 6.00. The van der Waals surface area contributed by atoms with Crippen LogP contribution in [0.4, 0.5) is 0 Å². The number of hydrogen-bond donors (Lipinski definition) is 1. The molecule has 0 aliphatic carbocycles. The van der Waals surface area contributed by atoms with Gasteiger partial charge in [-0.15, -0.1) is 0 Å². The first-order valence-corrected chi connectivity index (χ1v) is 2.70. The fourth-order valence-electron chi connectivity index (χ4n) is 0.540. The topological polar surface area (TPSA) is 20.2 Å². The fourth-order valence-corrected chi connectivity index (χ4v) is 0.540. The number of benzene rings is 1. The third-order valence-corrected chi connectivity index (χ3v) is 1.23. The van der Waals surface area contributed by atoms with Crippen LogP contribution in [0.3, 0.4) is 0 Å². The minimum atomic E-state index is -0.192. The molecule has 9 heavy (non-hydrogen) atoms. The molecule has 0 aliphatic heterocycles. The molecule has 0 fully saturated rings. The molecule has 0 saturated heterocycles. The highest BCUT2D eigenvalue weighted by Crippen LogP contribution is 2.13. The molecule has 0 spiro atoms. The van der Waals surface area contributed by atoms with Crippen LogP contribution in [0.5, 0.6) is 5.75 Å². The van der Waals surface area contributed by atoms with Gasteiger partial charge < -0.3 is 5.11 Å². The van der Waals surface area contributed by atoms with Crippen molar-refractivity contribution in [2.24, 2.45) is 0 Å². The SMILES string of the molecule is [2H]Oc1c([2H])c([2H])c(C)c(C)c1[2H]. The molecule has 0 aliphatic rings. The smallest absolute Gasteiger partial charge is 0.293 e. The molecule has 48 valence electrons. The van der Waals surface area contributed by atoms with Gasteiger partial charge in [-0.1, -0.05) is 6.04 Å². The van der Waals surface area contributed by atoms with Gasteiger partial charge in [0.05, 0.1) is 4.11 Å². The van der Waals surface area contributed by atoms with Crippen LogP contribution in [0.1, 0.15) is 15.2 Å². The maximum Gasteiger partial charge on any atom is 0.293 e. The second-order valence-corrected chi connectivity index (χ2v) is 1.95. The van der Waals surface area contributed by atoms with E-state index in [2.05, 4.69) is 5.11 Å². The lowest BCUT2D eigenvalue weighted by Crippen LogP contribution is -1.76. The zero-order chi connectivity index (χ0) is 10.2. The van der Waals surface area contributed by atoms with E-state index >= 15 is 0 Å². The molecule has 0 bridgehead atoms. The van der Waals surface area contributed by atoms with Gasteiger partial charge in [0.1, 0.15) is 5.75 Å². The Bertz CT molecular complexity index is 319. The first kappa shape index (κ1) is 2.74. The van der Waals surface area contributed by atoms with Crippen LogP contribution < -0.4 is 0 Å². The molecule has 0 aromatic heterocycles. The highest BCUT2D eigenvalue weighted by molar-refractivity contribution is 5.32. The highest BCUT2D eigenvalue weighted by Gasteiger charge is 1.90. The molecular formula is C8H10O. The summed E-state index contributed by atoms with van der Waals surface area (Å²) >= 11 is 0. The Morgan fingerprint density at radius 1 is 1.44 bits per heavy atom. The Morgan fingerprint density at radius 3 is 2.89 bits per heavy atom. The molecule has 0 heterocycles. The predicted molar refractivity (Wildman–Crippen MR) is 37.6 cm³/mol. The standard InChI is InChI=1S/C8H10O/c1-6-3-4-8(9)5-7(6)2/h3-5,9H,1-2H3/i3D,4D,5D/hD. The summed E-state index contributed by atoms with van der Waals surface area (Å²) in [7, 11) is 0. The third kappa shape index (κ3) is 1.22. The molecular weight excluding hydrogens is 112 g/mol. The van der Waals surface area contributed by atoms with Crippen molar-refractivity contribution in [1.82, 2.24) is 0 Å². The van der Waals surface area contributed by atoms with Gasteiger partial charge in [-0.2, -0.15) is 0 Å². The summed E-state index contributed by atoms with van der Waals surface area (Å²) in [5.41, 5.74) is 1.18. The molecule has 0 amide bonds. The van der Waals surface area contributed by atoms with E-state index in [-0.39, 0.29) is 23.9 Å². The van der Waals surface area contributed by atoms with E-state index in [1.165, 1.54) is 0 Å². The average molecular weight is 126 g/mol. The lowest BCUT2D eigenvalue weighted by atomic mass is 10.1. The summed E-state index contributed by atoms with van der Waals surface area (Å²) in [6.07, 6.45) is 0. The van der Waals surface area contributed by atoms with Crippen molar-refractivity contribution in [1.29, 1.82) is 1.43 Å². The molecule has 1 nitrogen and oxygen atoms in total. The van der Waals surface area contributed by atoms with Crippen LogP contribution >= 0.6 is 0 Å². The monoisotopic (exact) mass is 126 g/mol. The molecule has 1 N–H and O–H groups in total. The Kier molecular flexibility index (Phi) is 0.637. The predicted octanol–water partition coefficient (Wildman–Crippen LogP) is 2.01. The molecule has 0 saturated carbocycles. The second kappa shape index (κ2) is 2.09. The normalized spacial score (nSPS) is 15.3. The van der Waals surface area contributed by atoms with E-state index in [9.17, 15) is 0 Å². The van der Waals surface area contributed by atoms with Gasteiger partial charge in [0.15, 0.2) is 0 Å².